The van der Waals surface area contributed by atoms with Gasteiger partial charge in [0.2, 0.25) is 0 Å². The lowest BCUT2D eigenvalue weighted by atomic mass is 10.1. The topological polar surface area (TPSA) is 26.3 Å². The van der Waals surface area contributed by atoms with E-state index >= 15 is 0 Å². The molecule has 0 unspecified atom stereocenters. The van der Waals surface area contributed by atoms with Crippen LogP contribution < -0.4 is 4.74 Å². The summed E-state index contributed by atoms with van der Waals surface area (Å²) in [5.41, 5.74) is 0.341. The van der Waals surface area contributed by atoms with E-state index in [0.29, 0.717) is 5.06 Å². The zero-order chi connectivity index (χ0) is 14.8. The highest BCUT2D eigenvalue weighted by atomic mass is 32.1. The van der Waals surface area contributed by atoms with Crippen molar-refractivity contribution in [2.24, 2.45) is 0 Å². The normalized spacial score (nSPS) is 11.4. The van der Waals surface area contributed by atoms with Crippen molar-refractivity contribution in [1.29, 1.82) is 0 Å². The second kappa shape index (κ2) is 5.66. The van der Waals surface area contributed by atoms with Gasteiger partial charge in [0.05, 0.1) is 11.1 Å². The third-order valence-electron chi connectivity index (χ3n) is 2.68. The number of esters is 1. The van der Waals surface area contributed by atoms with Gasteiger partial charge in [-0.15, -0.1) is 11.3 Å². The lowest BCUT2D eigenvalue weighted by Gasteiger charge is -2.07. The molecule has 0 aliphatic heterocycles. The molecule has 0 saturated heterocycles. The molecule has 0 aliphatic rings. The highest BCUT2D eigenvalue weighted by Crippen LogP contribution is 2.29. The van der Waals surface area contributed by atoms with Crippen LogP contribution in [0.1, 0.15) is 28.4 Å². The van der Waals surface area contributed by atoms with E-state index in [2.05, 4.69) is 0 Å². The van der Waals surface area contributed by atoms with Gasteiger partial charge in [0.1, 0.15) is 0 Å². The van der Waals surface area contributed by atoms with Crippen molar-refractivity contribution in [3.05, 3.63) is 52.4 Å². The van der Waals surface area contributed by atoms with E-state index in [-0.39, 0.29) is 5.56 Å². The number of halogens is 3. The number of hydrogen-bond acceptors (Lipinski definition) is 3. The van der Waals surface area contributed by atoms with Crippen LogP contribution in [-0.2, 0) is 12.6 Å². The molecule has 1 heterocycles. The molecule has 0 radical (unpaired) electrons. The first-order valence-corrected chi connectivity index (χ1v) is 6.75. The number of rotatable bonds is 3. The summed E-state index contributed by atoms with van der Waals surface area (Å²) in [6, 6.07) is 5.69. The van der Waals surface area contributed by atoms with Crippen LogP contribution in [0.25, 0.3) is 0 Å². The first-order chi connectivity index (χ1) is 9.40. The number of carbonyl (C=O) groups excluding carboxylic acids is 1. The van der Waals surface area contributed by atoms with Crippen LogP contribution in [0, 0.1) is 0 Å². The van der Waals surface area contributed by atoms with Gasteiger partial charge in [-0.05, 0) is 47.7 Å². The van der Waals surface area contributed by atoms with Crippen molar-refractivity contribution >= 4 is 17.3 Å². The highest BCUT2D eigenvalue weighted by molar-refractivity contribution is 7.12. The van der Waals surface area contributed by atoms with E-state index in [9.17, 15) is 18.0 Å². The van der Waals surface area contributed by atoms with Crippen LogP contribution in [0.4, 0.5) is 13.2 Å². The summed E-state index contributed by atoms with van der Waals surface area (Å²) < 4.78 is 42.3. The first kappa shape index (κ1) is 14.6. The van der Waals surface area contributed by atoms with Gasteiger partial charge < -0.3 is 4.74 Å². The van der Waals surface area contributed by atoms with E-state index in [1.54, 1.807) is 6.07 Å². The summed E-state index contributed by atoms with van der Waals surface area (Å²) in [7, 11) is 0. The molecule has 2 rings (SSSR count). The molecule has 0 amide bonds. The Morgan fingerprint density at radius 3 is 2.40 bits per heavy atom. The zero-order valence-corrected chi connectivity index (χ0v) is 11.3. The first-order valence-electron chi connectivity index (χ1n) is 5.87. The van der Waals surface area contributed by atoms with Crippen molar-refractivity contribution < 1.29 is 22.7 Å². The Morgan fingerprint density at radius 1 is 1.25 bits per heavy atom. The molecule has 0 aliphatic carbocycles. The summed E-state index contributed by atoms with van der Waals surface area (Å²) in [4.78, 5) is 11.8. The number of thiophene rings is 1. The van der Waals surface area contributed by atoms with Gasteiger partial charge in [0, 0.05) is 0 Å². The Kier molecular flexibility index (Phi) is 4.13. The smallest absolute Gasteiger partial charge is 0.412 e. The molecule has 6 heteroatoms. The number of aryl methyl sites for hydroxylation is 1. The van der Waals surface area contributed by atoms with Crippen LogP contribution in [0.5, 0.6) is 5.06 Å². The molecule has 2 aromatic rings. The number of hydrogen-bond donors (Lipinski definition) is 0. The molecule has 0 atom stereocenters. The number of alkyl halides is 3. The zero-order valence-electron chi connectivity index (χ0n) is 10.5. The van der Waals surface area contributed by atoms with E-state index in [1.807, 2.05) is 12.3 Å². The van der Waals surface area contributed by atoms with Crippen molar-refractivity contribution in [1.82, 2.24) is 0 Å². The minimum Gasteiger partial charge on any atom is -0.412 e. The second-order valence-electron chi connectivity index (χ2n) is 4.09. The lowest BCUT2D eigenvalue weighted by molar-refractivity contribution is -0.137. The predicted molar refractivity (Wildman–Crippen MR) is 70.1 cm³/mol. The second-order valence-corrected chi connectivity index (χ2v) is 4.97. The Balaban J connectivity index is 2.09. The molecule has 1 aromatic carbocycles. The average molecular weight is 300 g/mol. The molecule has 0 spiro atoms. The fourth-order valence-corrected chi connectivity index (χ4v) is 2.38. The van der Waals surface area contributed by atoms with Crippen LogP contribution in [0.15, 0.2) is 35.7 Å². The quantitative estimate of drug-likeness (QED) is 0.777. The maximum absolute atomic E-state index is 12.4. The van der Waals surface area contributed by atoms with Gasteiger partial charge >= 0.3 is 12.1 Å². The van der Waals surface area contributed by atoms with Crippen LogP contribution in [-0.4, -0.2) is 5.97 Å². The van der Waals surface area contributed by atoms with E-state index in [4.69, 9.17) is 4.74 Å². The van der Waals surface area contributed by atoms with E-state index in [1.165, 1.54) is 11.3 Å². The number of benzene rings is 1. The molecule has 0 saturated carbocycles. The monoisotopic (exact) mass is 300 g/mol. The fourth-order valence-electron chi connectivity index (χ4n) is 1.54. The molecular weight excluding hydrogens is 289 g/mol. The Labute approximate surface area is 117 Å². The average Bonchev–Trinajstić information content (AvgIpc) is 2.85. The van der Waals surface area contributed by atoms with Crippen LogP contribution in [0.3, 0.4) is 0 Å². The fraction of sp³-hybridized carbons (Fsp3) is 0.214. The molecule has 0 fully saturated rings. The minimum atomic E-state index is -4.41. The van der Waals surface area contributed by atoms with Gasteiger partial charge in [-0.3, -0.25) is 0 Å². The third-order valence-corrected chi connectivity index (χ3v) is 3.53. The molecule has 1 aromatic heterocycles. The Morgan fingerprint density at radius 2 is 1.90 bits per heavy atom. The maximum Gasteiger partial charge on any atom is 0.416 e. The summed E-state index contributed by atoms with van der Waals surface area (Å²) in [6.45, 7) is 1.98. The van der Waals surface area contributed by atoms with E-state index in [0.717, 1.165) is 36.2 Å². The molecular formula is C14H11F3O2S. The van der Waals surface area contributed by atoms with Crippen LogP contribution >= 0.6 is 11.3 Å². The van der Waals surface area contributed by atoms with Crippen molar-refractivity contribution in [3.63, 3.8) is 0 Å². The number of ether oxygens (including phenoxy) is 1. The minimum absolute atomic E-state index is 0.0875. The molecule has 0 bridgehead atoms. The lowest BCUT2D eigenvalue weighted by Crippen LogP contribution is -2.09. The Bertz CT molecular complexity index is 600. The van der Waals surface area contributed by atoms with Gasteiger partial charge in [0.25, 0.3) is 0 Å². The van der Waals surface area contributed by atoms with E-state index < -0.39 is 17.7 Å². The summed E-state index contributed by atoms with van der Waals surface area (Å²) >= 11 is 1.28. The summed E-state index contributed by atoms with van der Waals surface area (Å²) in [6.07, 6.45) is -3.58. The molecule has 2 nitrogen and oxygen atoms in total. The largest absolute Gasteiger partial charge is 0.416 e. The van der Waals surface area contributed by atoms with Crippen molar-refractivity contribution in [2.75, 3.05) is 0 Å². The molecule has 20 heavy (non-hydrogen) atoms. The van der Waals surface area contributed by atoms with Gasteiger partial charge in [-0.2, -0.15) is 13.2 Å². The highest BCUT2D eigenvalue weighted by Gasteiger charge is 2.30. The number of carbonyl (C=O) groups is 1. The molecule has 0 N–H and O–H groups in total. The van der Waals surface area contributed by atoms with Gasteiger partial charge in [-0.25, -0.2) is 4.79 Å². The maximum atomic E-state index is 12.4. The van der Waals surface area contributed by atoms with Crippen molar-refractivity contribution in [3.8, 4) is 5.06 Å². The summed E-state index contributed by atoms with van der Waals surface area (Å²) in [5.74, 6) is -0.664. The summed E-state index contributed by atoms with van der Waals surface area (Å²) in [5, 5.41) is 2.31. The molecule has 106 valence electrons. The Hall–Kier alpha value is -1.82. The predicted octanol–water partition coefficient (Wildman–Crippen LogP) is 4.55. The van der Waals surface area contributed by atoms with Gasteiger partial charge in [-0.1, -0.05) is 6.92 Å². The third kappa shape index (κ3) is 3.39. The van der Waals surface area contributed by atoms with Crippen LogP contribution in [0.2, 0.25) is 0 Å². The van der Waals surface area contributed by atoms with Crippen molar-refractivity contribution in [2.45, 2.75) is 19.5 Å². The van der Waals surface area contributed by atoms with Gasteiger partial charge in [0.15, 0.2) is 5.06 Å². The SMILES string of the molecule is CCc1csc(OC(=O)c2ccc(C(F)(F)F)cc2)c1. The standard InChI is InChI=1S/C14H11F3O2S/c1-2-9-7-12(20-8-9)19-13(18)10-3-5-11(6-4-10)14(15,16)17/h3-8H,2H2,1H3.